The van der Waals surface area contributed by atoms with Gasteiger partial charge in [-0.15, -0.1) is 0 Å². The number of hydrazone groups is 1. The topological polar surface area (TPSA) is 105 Å². The molecule has 0 aromatic heterocycles. The van der Waals surface area contributed by atoms with E-state index in [0.29, 0.717) is 18.4 Å². The zero-order chi connectivity index (χ0) is 16.0. The van der Waals surface area contributed by atoms with Gasteiger partial charge in [0.2, 0.25) is 5.91 Å². The molecule has 1 aliphatic carbocycles. The number of aliphatic hydroxyl groups is 1. The van der Waals surface area contributed by atoms with Gasteiger partial charge < -0.3 is 5.11 Å². The average Bonchev–Trinajstić information content (AvgIpc) is 2.47. The van der Waals surface area contributed by atoms with Gasteiger partial charge in [-0.1, -0.05) is 31.4 Å². The Kier molecular flexibility index (Phi) is 5.21. The van der Waals surface area contributed by atoms with Gasteiger partial charge in [0.25, 0.3) is 5.69 Å². The minimum Gasteiger partial charge on any atom is -0.389 e. The Labute approximate surface area is 128 Å². The molecule has 0 atom stereocenters. The third-order valence-corrected chi connectivity index (χ3v) is 3.76. The number of amides is 1. The molecule has 0 saturated heterocycles. The van der Waals surface area contributed by atoms with Crippen molar-refractivity contribution in [1.29, 1.82) is 0 Å². The molecule has 1 aromatic carbocycles. The first kappa shape index (κ1) is 16.1. The third kappa shape index (κ3) is 4.63. The fourth-order valence-electron chi connectivity index (χ4n) is 2.62. The van der Waals surface area contributed by atoms with Crippen molar-refractivity contribution in [3.8, 4) is 0 Å². The van der Waals surface area contributed by atoms with Crippen LogP contribution in [0.5, 0.6) is 0 Å². The predicted octanol–water partition coefficient (Wildman–Crippen LogP) is 2.13. The number of benzene rings is 1. The highest BCUT2D eigenvalue weighted by molar-refractivity contribution is 5.83. The Morgan fingerprint density at radius 2 is 2.14 bits per heavy atom. The molecule has 1 aromatic rings. The van der Waals surface area contributed by atoms with E-state index in [2.05, 4.69) is 10.5 Å². The van der Waals surface area contributed by atoms with E-state index in [-0.39, 0.29) is 18.0 Å². The van der Waals surface area contributed by atoms with E-state index in [1.165, 1.54) is 18.3 Å². The van der Waals surface area contributed by atoms with Gasteiger partial charge in [0.05, 0.1) is 23.2 Å². The first-order valence-corrected chi connectivity index (χ1v) is 7.27. The van der Waals surface area contributed by atoms with Crippen molar-refractivity contribution in [3.05, 3.63) is 39.9 Å². The van der Waals surface area contributed by atoms with E-state index < -0.39 is 10.5 Å². The third-order valence-electron chi connectivity index (χ3n) is 3.76. The number of nitro benzene ring substituents is 1. The average molecular weight is 305 g/mol. The Hall–Kier alpha value is -2.28. The summed E-state index contributed by atoms with van der Waals surface area (Å²) in [5, 5.41) is 24.7. The molecule has 1 fully saturated rings. The lowest BCUT2D eigenvalue weighted by Crippen LogP contribution is -2.37. The molecule has 0 bridgehead atoms. The Bertz CT molecular complexity index is 580. The molecule has 0 radical (unpaired) electrons. The summed E-state index contributed by atoms with van der Waals surface area (Å²) in [6.07, 6.45) is 5.59. The monoisotopic (exact) mass is 305 g/mol. The van der Waals surface area contributed by atoms with Gasteiger partial charge in [-0.3, -0.25) is 14.9 Å². The Morgan fingerprint density at radius 3 is 2.82 bits per heavy atom. The van der Waals surface area contributed by atoms with Crippen LogP contribution in [-0.2, 0) is 4.79 Å². The van der Waals surface area contributed by atoms with E-state index >= 15 is 0 Å². The van der Waals surface area contributed by atoms with E-state index in [1.807, 2.05) is 0 Å². The molecule has 0 aliphatic heterocycles. The van der Waals surface area contributed by atoms with Crippen molar-refractivity contribution in [2.45, 2.75) is 44.1 Å². The molecule has 1 saturated carbocycles. The smallest absolute Gasteiger partial charge is 0.270 e. The van der Waals surface area contributed by atoms with Crippen LogP contribution in [0.3, 0.4) is 0 Å². The van der Waals surface area contributed by atoms with Crippen LogP contribution in [0.2, 0.25) is 0 Å². The van der Waals surface area contributed by atoms with Gasteiger partial charge in [0.1, 0.15) is 0 Å². The number of carbonyl (C=O) groups excluding carboxylic acids is 1. The zero-order valence-corrected chi connectivity index (χ0v) is 12.2. The first-order chi connectivity index (χ1) is 10.5. The standard InChI is InChI=1S/C15H19N3O4/c19-14(10-15(20)7-2-1-3-8-15)17-16-11-12-5-4-6-13(9-12)18(21)22/h4-6,9,11,20H,1-3,7-8,10H2,(H,17,19)/b16-11-. The van der Waals surface area contributed by atoms with Crippen LogP contribution in [0.1, 0.15) is 44.1 Å². The summed E-state index contributed by atoms with van der Waals surface area (Å²) >= 11 is 0. The van der Waals surface area contributed by atoms with Crippen LogP contribution in [0.15, 0.2) is 29.4 Å². The molecule has 1 amide bonds. The summed E-state index contributed by atoms with van der Waals surface area (Å²) in [5.74, 6) is -0.355. The molecule has 7 heteroatoms. The normalized spacial score (nSPS) is 17.3. The number of hydrogen-bond donors (Lipinski definition) is 2. The summed E-state index contributed by atoms with van der Waals surface area (Å²) < 4.78 is 0. The molecular weight excluding hydrogens is 286 g/mol. The number of nitrogens with one attached hydrogen (secondary N) is 1. The van der Waals surface area contributed by atoms with Gasteiger partial charge in [-0.25, -0.2) is 5.43 Å². The number of non-ortho nitro benzene ring substituents is 1. The van der Waals surface area contributed by atoms with Crippen LogP contribution in [0.4, 0.5) is 5.69 Å². The minimum atomic E-state index is -0.927. The summed E-state index contributed by atoms with van der Waals surface area (Å²) in [4.78, 5) is 22.0. The number of nitrogens with zero attached hydrogens (tertiary/aromatic N) is 2. The van der Waals surface area contributed by atoms with Gasteiger partial charge in [-0.05, 0) is 12.8 Å². The van der Waals surface area contributed by atoms with Crippen molar-refractivity contribution < 1.29 is 14.8 Å². The Morgan fingerprint density at radius 1 is 1.41 bits per heavy atom. The van der Waals surface area contributed by atoms with E-state index in [4.69, 9.17) is 0 Å². The summed E-state index contributed by atoms with van der Waals surface area (Å²) in [6.45, 7) is 0. The predicted molar refractivity (Wildman–Crippen MR) is 81.5 cm³/mol. The second kappa shape index (κ2) is 7.13. The number of hydrogen-bond acceptors (Lipinski definition) is 5. The number of carbonyl (C=O) groups is 1. The molecule has 1 aliphatic rings. The first-order valence-electron chi connectivity index (χ1n) is 7.27. The van der Waals surface area contributed by atoms with Crippen LogP contribution in [-0.4, -0.2) is 27.8 Å². The van der Waals surface area contributed by atoms with E-state index in [0.717, 1.165) is 19.3 Å². The van der Waals surface area contributed by atoms with E-state index in [9.17, 15) is 20.0 Å². The quantitative estimate of drug-likeness (QED) is 0.494. The van der Waals surface area contributed by atoms with Crippen molar-refractivity contribution in [1.82, 2.24) is 5.43 Å². The van der Waals surface area contributed by atoms with Crippen LogP contribution >= 0.6 is 0 Å². The minimum absolute atomic E-state index is 0.0271. The number of nitro groups is 1. The highest BCUT2D eigenvalue weighted by Gasteiger charge is 2.31. The second-order valence-corrected chi connectivity index (χ2v) is 5.61. The van der Waals surface area contributed by atoms with Gasteiger partial charge >= 0.3 is 0 Å². The fraction of sp³-hybridized carbons (Fsp3) is 0.467. The van der Waals surface area contributed by atoms with Crippen molar-refractivity contribution in [2.24, 2.45) is 5.10 Å². The molecule has 0 spiro atoms. The number of rotatable bonds is 5. The molecule has 22 heavy (non-hydrogen) atoms. The summed E-state index contributed by atoms with van der Waals surface area (Å²) in [5.41, 5.74) is 1.91. The van der Waals surface area contributed by atoms with Crippen molar-refractivity contribution in [3.63, 3.8) is 0 Å². The SMILES string of the molecule is O=C(CC1(O)CCCCC1)N/N=C\c1cccc([N+](=O)[O-])c1. The lowest BCUT2D eigenvalue weighted by molar-refractivity contribution is -0.384. The highest BCUT2D eigenvalue weighted by Crippen LogP contribution is 2.30. The summed E-state index contributed by atoms with van der Waals surface area (Å²) in [7, 11) is 0. The molecular formula is C15H19N3O4. The van der Waals surface area contributed by atoms with Crippen LogP contribution in [0, 0.1) is 10.1 Å². The lowest BCUT2D eigenvalue weighted by Gasteiger charge is -2.30. The maximum Gasteiger partial charge on any atom is 0.270 e. The zero-order valence-electron chi connectivity index (χ0n) is 12.2. The van der Waals surface area contributed by atoms with Crippen LogP contribution < -0.4 is 5.43 Å². The van der Waals surface area contributed by atoms with Gasteiger partial charge in [0.15, 0.2) is 0 Å². The second-order valence-electron chi connectivity index (χ2n) is 5.61. The largest absolute Gasteiger partial charge is 0.389 e. The Balaban J connectivity index is 1.87. The van der Waals surface area contributed by atoms with Crippen molar-refractivity contribution >= 4 is 17.8 Å². The molecule has 0 unspecified atom stereocenters. The maximum atomic E-state index is 11.8. The maximum absolute atomic E-state index is 11.8. The van der Waals surface area contributed by atoms with Gasteiger partial charge in [-0.2, -0.15) is 5.10 Å². The molecule has 2 rings (SSSR count). The van der Waals surface area contributed by atoms with Crippen LogP contribution in [0.25, 0.3) is 0 Å². The molecule has 0 heterocycles. The molecule has 118 valence electrons. The summed E-state index contributed by atoms with van der Waals surface area (Å²) in [6, 6.07) is 5.95. The highest BCUT2D eigenvalue weighted by atomic mass is 16.6. The van der Waals surface area contributed by atoms with Crippen molar-refractivity contribution in [2.75, 3.05) is 0 Å². The molecule has 7 nitrogen and oxygen atoms in total. The van der Waals surface area contributed by atoms with E-state index in [1.54, 1.807) is 12.1 Å². The molecule has 2 N–H and O–H groups in total. The van der Waals surface area contributed by atoms with Gasteiger partial charge in [0, 0.05) is 17.7 Å². The lowest BCUT2D eigenvalue weighted by atomic mass is 9.82. The fourth-order valence-corrected chi connectivity index (χ4v) is 2.62.